The van der Waals surface area contributed by atoms with Crippen molar-refractivity contribution in [3.05, 3.63) is 0 Å². The fourth-order valence-electron chi connectivity index (χ4n) is 3.80. The summed E-state index contributed by atoms with van der Waals surface area (Å²) in [4.78, 5) is 33.5. The van der Waals surface area contributed by atoms with Crippen molar-refractivity contribution < 1.29 is 24.6 Å². The second-order valence-electron chi connectivity index (χ2n) is 8.80. The van der Waals surface area contributed by atoms with Gasteiger partial charge in [-0.25, -0.2) is 4.79 Å². The number of nitrogens with one attached hydrogen (secondary N) is 1. The minimum absolute atomic E-state index is 0.0878. The van der Waals surface area contributed by atoms with E-state index in [2.05, 4.69) is 12.2 Å². The van der Waals surface area contributed by atoms with Crippen molar-refractivity contribution in [1.82, 2.24) is 5.32 Å². The molecular weight excluding hydrogens is 394 g/mol. The molecular formula is C25H47NO5. The summed E-state index contributed by atoms with van der Waals surface area (Å²) < 4.78 is 0. The summed E-state index contributed by atoms with van der Waals surface area (Å²) in [5.74, 6) is -2.55. The van der Waals surface area contributed by atoms with E-state index in [4.69, 9.17) is 10.2 Å². The molecule has 6 heteroatoms. The third-order valence-corrected chi connectivity index (χ3v) is 5.79. The predicted octanol–water partition coefficient (Wildman–Crippen LogP) is 6.46. The van der Waals surface area contributed by atoms with Crippen LogP contribution in [-0.4, -0.2) is 34.1 Å². The number of carbonyl (C=O) groups is 3. The average Bonchev–Trinajstić information content (AvgIpc) is 2.73. The number of unbranched alkanes of at least 4 members (excludes halogenated alkanes) is 16. The molecule has 0 saturated heterocycles. The molecule has 0 fully saturated rings. The molecule has 6 nitrogen and oxygen atoms in total. The van der Waals surface area contributed by atoms with Crippen LogP contribution in [-0.2, 0) is 14.4 Å². The fraction of sp³-hybridized carbons (Fsp3) is 0.880. The highest BCUT2D eigenvalue weighted by molar-refractivity contribution is 5.83. The number of hydrogen-bond donors (Lipinski definition) is 3. The molecule has 0 aromatic rings. The van der Waals surface area contributed by atoms with Crippen LogP contribution in [0.15, 0.2) is 0 Å². The van der Waals surface area contributed by atoms with Gasteiger partial charge in [0.2, 0.25) is 5.91 Å². The number of carboxylic acid groups (broad SMARTS) is 2. The molecule has 1 atom stereocenters. The van der Waals surface area contributed by atoms with Crippen molar-refractivity contribution in [3.63, 3.8) is 0 Å². The number of carboxylic acids is 2. The molecule has 0 aromatic carbocycles. The van der Waals surface area contributed by atoms with E-state index >= 15 is 0 Å². The minimum atomic E-state index is -1.18. The van der Waals surface area contributed by atoms with Gasteiger partial charge in [0.15, 0.2) is 0 Å². The molecule has 1 amide bonds. The molecule has 0 aliphatic heterocycles. The SMILES string of the molecule is CCCCCCCCCCCCCCCCCCCC(=O)N[C@@H](CCC(=O)O)C(=O)O. The molecule has 182 valence electrons. The summed E-state index contributed by atoms with van der Waals surface area (Å²) in [6.45, 7) is 2.26. The molecule has 0 radical (unpaired) electrons. The summed E-state index contributed by atoms with van der Waals surface area (Å²) in [6, 6.07) is -1.12. The lowest BCUT2D eigenvalue weighted by atomic mass is 10.0. The Bertz CT molecular complexity index is 467. The van der Waals surface area contributed by atoms with Gasteiger partial charge < -0.3 is 15.5 Å². The Balaban J connectivity index is 3.41. The fourth-order valence-corrected chi connectivity index (χ4v) is 3.80. The van der Waals surface area contributed by atoms with Crippen LogP contribution in [0.1, 0.15) is 135 Å². The molecule has 0 bridgehead atoms. The summed E-state index contributed by atoms with van der Waals surface area (Å²) >= 11 is 0. The highest BCUT2D eigenvalue weighted by atomic mass is 16.4. The van der Waals surface area contributed by atoms with Gasteiger partial charge in [0.25, 0.3) is 0 Å². The predicted molar refractivity (Wildman–Crippen MR) is 125 cm³/mol. The van der Waals surface area contributed by atoms with Crippen LogP contribution >= 0.6 is 0 Å². The van der Waals surface area contributed by atoms with Gasteiger partial charge in [-0.3, -0.25) is 9.59 Å². The largest absolute Gasteiger partial charge is 0.481 e. The molecule has 0 unspecified atom stereocenters. The lowest BCUT2D eigenvalue weighted by Crippen LogP contribution is -2.41. The van der Waals surface area contributed by atoms with Crippen molar-refractivity contribution in [2.24, 2.45) is 0 Å². The molecule has 0 spiro atoms. The summed E-state index contributed by atoms with van der Waals surface area (Å²) in [5.41, 5.74) is 0. The van der Waals surface area contributed by atoms with Crippen molar-refractivity contribution in [3.8, 4) is 0 Å². The number of aliphatic carboxylic acids is 2. The standard InChI is InChI=1S/C25H47NO5/c1-2-3-4-5-6-7-8-9-10-11-12-13-14-15-16-17-18-19-23(27)26-22(25(30)31)20-21-24(28)29/h22H,2-21H2,1H3,(H,26,27)(H,28,29)(H,30,31)/t22-/m0/s1. The second kappa shape index (κ2) is 21.6. The highest BCUT2D eigenvalue weighted by Crippen LogP contribution is 2.14. The van der Waals surface area contributed by atoms with E-state index in [1.807, 2.05) is 0 Å². The maximum Gasteiger partial charge on any atom is 0.326 e. The van der Waals surface area contributed by atoms with Crippen molar-refractivity contribution in [2.45, 2.75) is 141 Å². The maximum absolute atomic E-state index is 11.8. The minimum Gasteiger partial charge on any atom is -0.481 e. The van der Waals surface area contributed by atoms with Crippen LogP contribution in [0.2, 0.25) is 0 Å². The van der Waals surface area contributed by atoms with Crippen LogP contribution in [0, 0.1) is 0 Å². The van der Waals surface area contributed by atoms with Crippen LogP contribution in [0.25, 0.3) is 0 Å². The van der Waals surface area contributed by atoms with Crippen LogP contribution in [0.3, 0.4) is 0 Å². The lowest BCUT2D eigenvalue weighted by molar-refractivity contribution is -0.143. The third-order valence-electron chi connectivity index (χ3n) is 5.79. The molecule has 0 heterocycles. The van der Waals surface area contributed by atoms with E-state index in [1.165, 1.54) is 89.9 Å². The smallest absolute Gasteiger partial charge is 0.326 e. The first-order valence-corrected chi connectivity index (χ1v) is 12.7. The van der Waals surface area contributed by atoms with E-state index in [0.29, 0.717) is 6.42 Å². The van der Waals surface area contributed by atoms with Gasteiger partial charge in [0.05, 0.1) is 0 Å². The summed E-state index contributed by atoms with van der Waals surface area (Å²) in [6.07, 6.45) is 21.7. The third kappa shape index (κ3) is 21.4. The summed E-state index contributed by atoms with van der Waals surface area (Å²) in [7, 11) is 0. The van der Waals surface area contributed by atoms with Gasteiger partial charge in [0, 0.05) is 12.8 Å². The maximum atomic E-state index is 11.8. The number of amides is 1. The van der Waals surface area contributed by atoms with Crippen molar-refractivity contribution in [1.29, 1.82) is 0 Å². The zero-order chi connectivity index (χ0) is 23.2. The Morgan fingerprint density at radius 2 is 1.00 bits per heavy atom. The van der Waals surface area contributed by atoms with Gasteiger partial charge in [-0.05, 0) is 12.8 Å². The van der Waals surface area contributed by atoms with E-state index in [-0.39, 0.29) is 18.7 Å². The Morgan fingerprint density at radius 3 is 1.35 bits per heavy atom. The van der Waals surface area contributed by atoms with Crippen LogP contribution in [0.4, 0.5) is 0 Å². The first kappa shape index (κ1) is 29.4. The molecule has 0 aromatic heterocycles. The van der Waals surface area contributed by atoms with Gasteiger partial charge >= 0.3 is 11.9 Å². The zero-order valence-corrected chi connectivity index (χ0v) is 19.8. The highest BCUT2D eigenvalue weighted by Gasteiger charge is 2.20. The monoisotopic (exact) mass is 441 g/mol. The van der Waals surface area contributed by atoms with Gasteiger partial charge in [-0.1, -0.05) is 110 Å². The zero-order valence-electron chi connectivity index (χ0n) is 19.8. The quantitative estimate of drug-likeness (QED) is 0.158. The Hall–Kier alpha value is -1.59. The molecule has 3 N–H and O–H groups in total. The average molecular weight is 442 g/mol. The number of rotatable bonds is 23. The number of carbonyl (C=O) groups excluding carboxylic acids is 1. The van der Waals surface area contributed by atoms with E-state index in [0.717, 1.165) is 19.3 Å². The molecule has 31 heavy (non-hydrogen) atoms. The Morgan fingerprint density at radius 1 is 0.613 bits per heavy atom. The Kier molecular flexibility index (Phi) is 20.5. The molecule has 0 rings (SSSR count). The first-order valence-electron chi connectivity index (χ1n) is 12.7. The van der Waals surface area contributed by atoms with Gasteiger partial charge in [0.1, 0.15) is 6.04 Å². The van der Waals surface area contributed by atoms with Crippen LogP contribution < -0.4 is 5.32 Å². The second-order valence-corrected chi connectivity index (χ2v) is 8.80. The normalized spacial score (nSPS) is 11.9. The lowest BCUT2D eigenvalue weighted by Gasteiger charge is -2.13. The van der Waals surface area contributed by atoms with E-state index in [9.17, 15) is 14.4 Å². The van der Waals surface area contributed by atoms with Crippen LogP contribution in [0.5, 0.6) is 0 Å². The van der Waals surface area contributed by atoms with Gasteiger partial charge in [-0.2, -0.15) is 0 Å². The summed E-state index contributed by atoms with van der Waals surface area (Å²) in [5, 5.41) is 20.1. The van der Waals surface area contributed by atoms with Gasteiger partial charge in [-0.15, -0.1) is 0 Å². The Labute approximate surface area is 189 Å². The molecule has 0 saturated carbocycles. The molecule has 0 aliphatic carbocycles. The number of hydrogen-bond acceptors (Lipinski definition) is 3. The van der Waals surface area contributed by atoms with Crippen molar-refractivity contribution >= 4 is 17.8 Å². The topological polar surface area (TPSA) is 104 Å². The molecule has 0 aliphatic rings. The van der Waals surface area contributed by atoms with E-state index in [1.54, 1.807) is 0 Å². The first-order chi connectivity index (χ1) is 15.0. The van der Waals surface area contributed by atoms with Crippen molar-refractivity contribution in [2.75, 3.05) is 0 Å². The van der Waals surface area contributed by atoms with E-state index < -0.39 is 18.0 Å².